The van der Waals surface area contributed by atoms with Crippen molar-refractivity contribution >= 4 is 7.82 Å². The average molecular weight is 524 g/mol. The second kappa shape index (κ2) is 23.1. The van der Waals surface area contributed by atoms with Gasteiger partial charge in [-0.3, -0.25) is 4.57 Å². The van der Waals surface area contributed by atoms with Crippen molar-refractivity contribution in [2.24, 2.45) is 0 Å². The largest absolute Gasteiger partial charge is 0.756 e. The molecular weight excluding hydrogens is 465 g/mol. The molecule has 0 aromatic carbocycles. The van der Waals surface area contributed by atoms with Crippen LogP contribution in [-0.2, 0) is 18.3 Å². The molecule has 0 saturated heterocycles. The standard InChI is InChI=1S/C27H58NO6P/c1-5-6-7-8-9-10-11-12-13-14-15-16-17-18-19-20-23-32-25-27(29)26-34-35(30,31)33-24-21-22-28(2,3)4/h27,29H,5-26H2,1-4H3. The summed E-state index contributed by atoms with van der Waals surface area (Å²) in [4.78, 5) is 11.7. The van der Waals surface area contributed by atoms with Crippen molar-refractivity contribution in [3.05, 3.63) is 0 Å². The third-order valence-electron chi connectivity index (χ3n) is 6.10. The molecule has 2 unspecified atom stereocenters. The first-order valence-corrected chi connectivity index (χ1v) is 15.8. The molecule has 212 valence electrons. The summed E-state index contributed by atoms with van der Waals surface area (Å²) in [6, 6.07) is 0. The number of hydrogen-bond acceptors (Lipinski definition) is 6. The third-order valence-corrected chi connectivity index (χ3v) is 7.06. The van der Waals surface area contributed by atoms with Gasteiger partial charge in [0.15, 0.2) is 0 Å². The summed E-state index contributed by atoms with van der Waals surface area (Å²) in [5.41, 5.74) is 0. The highest BCUT2D eigenvalue weighted by Crippen LogP contribution is 2.38. The number of rotatable bonds is 27. The van der Waals surface area contributed by atoms with E-state index in [0.29, 0.717) is 13.0 Å². The summed E-state index contributed by atoms with van der Waals surface area (Å²) in [7, 11) is 1.71. The second-order valence-corrected chi connectivity index (χ2v) is 12.4. The van der Waals surface area contributed by atoms with E-state index in [1.54, 1.807) is 0 Å². The summed E-state index contributed by atoms with van der Waals surface area (Å²) in [6.45, 7) is 3.46. The Morgan fingerprint density at radius 2 is 1.14 bits per heavy atom. The summed E-state index contributed by atoms with van der Waals surface area (Å²) in [5, 5.41) is 9.86. The molecule has 0 saturated carbocycles. The molecule has 0 spiro atoms. The number of phosphoric ester groups is 1. The monoisotopic (exact) mass is 523 g/mol. The molecule has 2 atom stereocenters. The molecule has 0 heterocycles. The summed E-state index contributed by atoms with van der Waals surface area (Å²) < 4.78 is 27.5. The van der Waals surface area contributed by atoms with Gasteiger partial charge in [0.05, 0.1) is 47.5 Å². The van der Waals surface area contributed by atoms with E-state index >= 15 is 0 Å². The van der Waals surface area contributed by atoms with Crippen LogP contribution in [0.25, 0.3) is 0 Å². The fourth-order valence-corrected chi connectivity index (χ4v) is 4.73. The molecule has 0 aliphatic heterocycles. The van der Waals surface area contributed by atoms with Gasteiger partial charge in [-0.1, -0.05) is 103 Å². The van der Waals surface area contributed by atoms with Gasteiger partial charge in [-0.2, -0.15) is 0 Å². The van der Waals surface area contributed by atoms with Gasteiger partial charge in [-0.15, -0.1) is 0 Å². The number of aliphatic hydroxyl groups excluding tert-OH is 1. The number of phosphoric acid groups is 1. The van der Waals surface area contributed by atoms with E-state index in [1.165, 1.54) is 89.9 Å². The van der Waals surface area contributed by atoms with Crippen molar-refractivity contribution in [2.75, 3.05) is 54.1 Å². The lowest BCUT2D eigenvalue weighted by atomic mass is 10.0. The normalized spacial score (nSPS) is 14.8. The zero-order valence-corrected chi connectivity index (χ0v) is 24.4. The van der Waals surface area contributed by atoms with Crippen LogP contribution in [0, 0.1) is 0 Å². The maximum Gasteiger partial charge on any atom is 0.267 e. The molecule has 7 nitrogen and oxygen atoms in total. The zero-order chi connectivity index (χ0) is 26.3. The van der Waals surface area contributed by atoms with Crippen molar-refractivity contribution in [1.82, 2.24) is 0 Å². The van der Waals surface area contributed by atoms with Gasteiger partial charge in [-0.25, -0.2) is 0 Å². The summed E-state index contributed by atoms with van der Waals surface area (Å²) >= 11 is 0. The number of hydrogen-bond donors (Lipinski definition) is 1. The van der Waals surface area contributed by atoms with Crippen molar-refractivity contribution in [3.63, 3.8) is 0 Å². The van der Waals surface area contributed by atoms with E-state index in [4.69, 9.17) is 13.8 Å². The Kier molecular flexibility index (Phi) is 23.1. The van der Waals surface area contributed by atoms with Crippen LogP contribution in [0.2, 0.25) is 0 Å². The highest BCUT2D eigenvalue weighted by atomic mass is 31.2. The van der Waals surface area contributed by atoms with E-state index in [-0.39, 0.29) is 19.8 Å². The molecule has 0 rings (SSSR count). The quantitative estimate of drug-likeness (QED) is 0.0781. The SMILES string of the molecule is CCCCCCCCCCCCCCCCCCOCC(O)COP(=O)([O-])OCCC[N+](C)(C)C. The zero-order valence-electron chi connectivity index (χ0n) is 23.5. The molecule has 1 N–H and O–H groups in total. The Labute approximate surface area is 217 Å². The molecule has 0 fully saturated rings. The topological polar surface area (TPSA) is 88.0 Å². The molecule has 35 heavy (non-hydrogen) atoms. The van der Waals surface area contributed by atoms with Gasteiger partial charge in [0.1, 0.15) is 6.10 Å². The molecular formula is C27H58NO6P. The third kappa shape index (κ3) is 28.4. The molecule has 8 heteroatoms. The maximum atomic E-state index is 11.7. The summed E-state index contributed by atoms with van der Waals surface area (Å²) in [6.07, 6.45) is 20.9. The van der Waals surface area contributed by atoms with Crippen LogP contribution in [0.4, 0.5) is 0 Å². The number of ether oxygens (including phenoxy) is 1. The smallest absolute Gasteiger partial charge is 0.267 e. The Bertz CT molecular complexity index is 501. The van der Waals surface area contributed by atoms with Crippen molar-refractivity contribution in [1.29, 1.82) is 0 Å². The molecule has 0 aliphatic carbocycles. The Hall–Kier alpha value is -0.0100. The Balaban J connectivity index is 3.38. The van der Waals surface area contributed by atoms with Crippen molar-refractivity contribution in [3.8, 4) is 0 Å². The van der Waals surface area contributed by atoms with Gasteiger partial charge >= 0.3 is 0 Å². The van der Waals surface area contributed by atoms with Crippen LogP contribution in [0.3, 0.4) is 0 Å². The summed E-state index contributed by atoms with van der Waals surface area (Å²) in [5.74, 6) is 0. The van der Waals surface area contributed by atoms with Gasteiger partial charge in [0, 0.05) is 13.0 Å². The van der Waals surface area contributed by atoms with Gasteiger partial charge in [0.25, 0.3) is 7.82 Å². The molecule has 0 aromatic heterocycles. The number of quaternary nitrogens is 1. The second-order valence-electron chi connectivity index (χ2n) is 11.0. The maximum absolute atomic E-state index is 11.7. The van der Waals surface area contributed by atoms with Crippen LogP contribution < -0.4 is 4.89 Å². The lowest BCUT2D eigenvalue weighted by Gasteiger charge is -2.26. The first-order valence-electron chi connectivity index (χ1n) is 14.3. The van der Waals surface area contributed by atoms with E-state index < -0.39 is 13.9 Å². The van der Waals surface area contributed by atoms with Gasteiger partial charge in [-0.05, 0) is 6.42 Å². The van der Waals surface area contributed by atoms with Crippen molar-refractivity contribution in [2.45, 2.75) is 122 Å². The minimum absolute atomic E-state index is 0.0697. The lowest BCUT2D eigenvalue weighted by molar-refractivity contribution is -0.870. The van der Waals surface area contributed by atoms with Crippen LogP contribution in [-0.4, -0.2) is 69.8 Å². The number of unbranched alkanes of at least 4 members (excludes halogenated alkanes) is 15. The Morgan fingerprint density at radius 1 is 0.686 bits per heavy atom. The lowest BCUT2D eigenvalue weighted by Crippen LogP contribution is -2.35. The van der Waals surface area contributed by atoms with E-state index in [1.807, 2.05) is 21.1 Å². The molecule has 0 aromatic rings. The predicted octanol–water partition coefficient (Wildman–Crippen LogP) is 6.22. The van der Waals surface area contributed by atoms with Crippen LogP contribution in [0.5, 0.6) is 0 Å². The van der Waals surface area contributed by atoms with Gasteiger partial charge < -0.3 is 28.3 Å². The Morgan fingerprint density at radius 3 is 1.60 bits per heavy atom. The highest BCUT2D eigenvalue weighted by molar-refractivity contribution is 7.45. The van der Waals surface area contributed by atoms with E-state index in [9.17, 15) is 14.6 Å². The molecule has 0 amide bonds. The molecule has 0 bridgehead atoms. The predicted molar refractivity (Wildman–Crippen MR) is 143 cm³/mol. The average Bonchev–Trinajstić information content (AvgIpc) is 2.79. The highest BCUT2D eigenvalue weighted by Gasteiger charge is 2.14. The first-order chi connectivity index (χ1) is 16.7. The number of nitrogens with zero attached hydrogens (tertiary/aromatic N) is 1. The van der Waals surface area contributed by atoms with E-state index in [0.717, 1.165) is 23.9 Å². The molecule has 0 radical (unpaired) electrons. The first kappa shape index (κ1) is 35.0. The van der Waals surface area contributed by atoms with Crippen LogP contribution in [0.1, 0.15) is 116 Å². The van der Waals surface area contributed by atoms with E-state index in [2.05, 4.69) is 6.92 Å². The fourth-order valence-electron chi connectivity index (χ4n) is 3.95. The van der Waals surface area contributed by atoms with Crippen LogP contribution >= 0.6 is 7.82 Å². The number of aliphatic hydroxyl groups is 1. The minimum Gasteiger partial charge on any atom is -0.756 e. The van der Waals surface area contributed by atoms with Gasteiger partial charge in [0.2, 0.25) is 0 Å². The molecule has 0 aliphatic rings. The van der Waals surface area contributed by atoms with Crippen molar-refractivity contribution < 1.29 is 32.8 Å². The van der Waals surface area contributed by atoms with Crippen LogP contribution in [0.15, 0.2) is 0 Å². The fraction of sp³-hybridized carbons (Fsp3) is 1.00. The minimum atomic E-state index is -4.38.